The van der Waals surface area contributed by atoms with Crippen LogP contribution in [0.25, 0.3) is 11.2 Å². The lowest BCUT2D eigenvalue weighted by molar-refractivity contribution is -0.196. The minimum Gasteiger partial charge on any atom is -0.443 e. The van der Waals surface area contributed by atoms with E-state index < -0.39 is 41.5 Å². The Balaban J connectivity index is 1.67. The van der Waals surface area contributed by atoms with Crippen LogP contribution in [-0.2, 0) is 30.1 Å². The van der Waals surface area contributed by atoms with E-state index in [1.54, 1.807) is 52.4 Å². The number of aromatic nitrogens is 4. The number of rotatable bonds is 5. The van der Waals surface area contributed by atoms with Crippen molar-refractivity contribution in [2.45, 2.75) is 117 Å². The SMILES string of the molecule is CC[C@H]1O[C@@H](n2cnc3c(N(C(=O)OC(C)(C)C)C(=O)OC(C)(C)C)nc(Cc4ccccc4)nc32)[C@@H]2OC(C)(C)O[C@@H]21. The molecule has 4 atom stereocenters. The maximum absolute atomic E-state index is 13.6. The van der Waals surface area contributed by atoms with E-state index in [4.69, 9.17) is 33.7 Å². The highest BCUT2D eigenvalue weighted by Crippen LogP contribution is 2.45. The molecule has 232 valence electrons. The minimum atomic E-state index is -0.945. The predicted molar refractivity (Wildman–Crippen MR) is 158 cm³/mol. The number of carbonyl (C=O) groups excluding carboxylic acids is 2. The summed E-state index contributed by atoms with van der Waals surface area (Å²) in [6.07, 6.45) is -0.828. The van der Waals surface area contributed by atoms with E-state index in [9.17, 15) is 9.59 Å². The van der Waals surface area contributed by atoms with Crippen LogP contribution in [0.1, 0.15) is 86.4 Å². The van der Waals surface area contributed by atoms with Gasteiger partial charge in [0.15, 0.2) is 29.0 Å². The Hall–Kier alpha value is -3.61. The second kappa shape index (κ2) is 11.1. The Morgan fingerprint density at radius 2 is 1.56 bits per heavy atom. The zero-order valence-electron chi connectivity index (χ0n) is 26.3. The number of ether oxygens (including phenoxy) is 5. The van der Waals surface area contributed by atoms with Gasteiger partial charge in [-0.15, -0.1) is 0 Å². The van der Waals surface area contributed by atoms with E-state index in [1.807, 2.05) is 51.1 Å². The highest BCUT2D eigenvalue weighted by Gasteiger charge is 2.55. The lowest BCUT2D eigenvalue weighted by atomic mass is 10.1. The van der Waals surface area contributed by atoms with Crippen molar-refractivity contribution in [2.24, 2.45) is 0 Å². The van der Waals surface area contributed by atoms with Crippen LogP contribution in [0.3, 0.4) is 0 Å². The first-order valence-electron chi connectivity index (χ1n) is 14.6. The summed E-state index contributed by atoms with van der Waals surface area (Å²) >= 11 is 0. The van der Waals surface area contributed by atoms with Gasteiger partial charge in [0.2, 0.25) is 0 Å². The van der Waals surface area contributed by atoms with Gasteiger partial charge in [-0.2, -0.15) is 4.90 Å². The molecule has 2 fully saturated rings. The third kappa shape index (κ3) is 6.66. The van der Waals surface area contributed by atoms with Gasteiger partial charge >= 0.3 is 12.2 Å². The highest BCUT2D eigenvalue weighted by atomic mass is 16.8. The third-order valence-corrected chi connectivity index (χ3v) is 6.82. The van der Waals surface area contributed by atoms with Gasteiger partial charge in [0, 0.05) is 6.42 Å². The number of hydrogen-bond acceptors (Lipinski definition) is 10. The van der Waals surface area contributed by atoms with Gasteiger partial charge in [0.05, 0.1) is 12.4 Å². The maximum atomic E-state index is 13.6. The number of anilines is 1. The summed E-state index contributed by atoms with van der Waals surface area (Å²) in [5.41, 5.74) is -0.292. The molecule has 0 unspecified atom stereocenters. The topological polar surface area (TPSA) is 127 Å². The van der Waals surface area contributed by atoms with Gasteiger partial charge < -0.3 is 23.7 Å². The number of imidazole rings is 1. The van der Waals surface area contributed by atoms with Crippen LogP contribution in [0.15, 0.2) is 36.7 Å². The van der Waals surface area contributed by atoms with Crippen LogP contribution in [0.4, 0.5) is 15.4 Å². The van der Waals surface area contributed by atoms with E-state index >= 15 is 0 Å². The number of hydrogen-bond donors (Lipinski definition) is 0. The smallest absolute Gasteiger partial charge is 0.425 e. The lowest BCUT2D eigenvalue weighted by Crippen LogP contribution is -2.44. The maximum Gasteiger partial charge on any atom is 0.425 e. The molecule has 2 saturated heterocycles. The summed E-state index contributed by atoms with van der Waals surface area (Å²) in [4.78, 5) is 42.2. The van der Waals surface area contributed by atoms with Crippen molar-refractivity contribution in [3.63, 3.8) is 0 Å². The molecule has 43 heavy (non-hydrogen) atoms. The Bertz CT molecular complexity index is 1460. The number of imide groups is 1. The van der Waals surface area contributed by atoms with E-state index in [0.29, 0.717) is 24.3 Å². The van der Waals surface area contributed by atoms with Crippen molar-refractivity contribution < 1.29 is 33.3 Å². The van der Waals surface area contributed by atoms with Crippen molar-refractivity contribution in [3.8, 4) is 0 Å². The average Bonchev–Trinajstić information content (AvgIpc) is 3.53. The summed E-state index contributed by atoms with van der Waals surface area (Å²) in [6.45, 7) is 16.1. The molecule has 2 aliphatic rings. The fraction of sp³-hybridized carbons (Fsp3) is 0.581. The molecule has 5 rings (SSSR count). The fourth-order valence-corrected chi connectivity index (χ4v) is 5.22. The summed E-state index contributed by atoms with van der Waals surface area (Å²) < 4.78 is 31.9. The normalized spacial score (nSPS) is 23.3. The monoisotopic (exact) mass is 595 g/mol. The van der Waals surface area contributed by atoms with Crippen molar-refractivity contribution in [3.05, 3.63) is 48.0 Å². The van der Waals surface area contributed by atoms with Crippen LogP contribution >= 0.6 is 0 Å². The van der Waals surface area contributed by atoms with Gasteiger partial charge in [0.1, 0.15) is 29.2 Å². The summed E-state index contributed by atoms with van der Waals surface area (Å²) in [5, 5.41) is 0. The minimum absolute atomic E-state index is 0.0521. The predicted octanol–water partition coefficient (Wildman–Crippen LogP) is 5.92. The Labute approximate surface area is 251 Å². The number of fused-ring (bicyclic) bond motifs is 2. The molecule has 0 saturated carbocycles. The van der Waals surface area contributed by atoms with Crippen LogP contribution in [-0.4, -0.2) is 67.0 Å². The molecular weight excluding hydrogens is 554 g/mol. The molecule has 4 heterocycles. The number of amides is 2. The van der Waals surface area contributed by atoms with Crippen molar-refractivity contribution >= 4 is 29.2 Å². The van der Waals surface area contributed by atoms with E-state index in [-0.39, 0.29) is 23.5 Å². The second-order valence-corrected chi connectivity index (χ2v) is 13.3. The highest BCUT2D eigenvalue weighted by molar-refractivity contribution is 6.12. The summed E-state index contributed by atoms with van der Waals surface area (Å²) in [6, 6.07) is 9.66. The molecule has 2 aliphatic heterocycles. The van der Waals surface area contributed by atoms with Gasteiger partial charge in [0.25, 0.3) is 0 Å². The molecule has 0 spiro atoms. The Kier molecular flexibility index (Phi) is 7.99. The van der Waals surface area contributed by atoms with Crippen LogP contribution in [0, 0.1) is 0 Å². The van der Waals surface area contributed by atoms with E-state index in [1.165, 1.54) is 0 Å². The molecule has 2 amide bonds. The molecule has 0 aliphatic carbocycles. The van der Waals surface area contributed by atoms with Crippen molar-refractivity contribution in [2.75, 3.05) is 4.90 Å². The molecule has 0 radical (unpaired) electrons. The number of benzene rings is 1. The first-order chi connectivity index (χ1) is 20.0. The molecular formula is C31H41N5O7. The molecule has 1 aromatic carbocycles. The number of nitrogens with zero attached hydrogens (tertiary/aromatic N) is 5. The van der Waals surface area contributed by atoms with Crippen LogP contribution in [0.2, 0.25) is 0 Å². The van der Waals surface area contributed by atoms with Gasteiger partial charge in [-0.3, -0.25) is 4.57 Å². The third-order valence-electron chi connectivity index (χ3n) is 6.82. The zero-order chi connectivity index (χ0) is 31.3. The quantitative estimate of drug-likeness (QED) is 0.351. The molecule has 3 aromatic rings. The van der Waals surface area contributed by atoms with Crippen LogP contribution < -0.4 is 4.90 Å². The van der Waals surface area contributed by atoms with Gasteiger partial charge in [-0.1, -0.05) is 37.3 Å². The van der Waals surface area contributed by atoms with Gasteiger partial charge in [-0.25, -0.2) is 24.5 Å². The van der Waals surface area contributed by atoms with Crippen molar-refractivity contribution in [1.82, 2.24) is 19.5 Å². The molecule has 12 nitrogen and oxygen atoms in total. The lowest BCUT2D eigenvalue weighted by Gasteiger charge is -2.28. The molecule has 12 heteroatoms. The zero-order valence-corrected chi connectivity index (χ0v) is 26.3. The first-order valence-corrected chi connectivity index (χ1v) is 14.6. The van der Waals surface area contributed by atoms with E-state index in [2.05, 4.69) is 4.98 Å². The second-order valence-electron chi connectivity index (χ2n) is 13.3. The van der Waals surface area contributed by atoms with Crippen LogP contribution in [0.5, 0.6) is 0 Å². The molecule has 0 bridgehead atoms. The Morgan fingerprint density at radius 3 is 2.14 bits per heavy atom. The molecule has 0 N–H and O–H groups in total. The molecule has 2 aromatic heterocycles. The summed E-state index contributed by atoms with van der Waals surface area (Å²) in [7, 11) is 0. The largest absolute Gasteiger partial charge is 0.443 e. The standard InChI is InChI=1S/C31H41N5O7/c1-10-19-22-23(41-31(8,9)40-22)26(39-19)35-17-32-21-24(35)33-20(16-18-14-12-11-13-15-18)34-25(21)36(27(37)42-29(2,3)4)28(38)43-30(5,6)7/h11-15,17,19,22-23,26H,10,16H2,1-9H3/t19-,22-,23-,26-/m1/s1. The summed E-state index contributed by atoms with van der Waals surface area (Å²) in [5.74, 6) is -0.480. The van der Waals surface area contributed by atoms with Gasteiger partial charge in [-0.05, 0) is 67.4 Å². The van der Waals surface area contributed by atoms with E-state index in [0.717, 1.165) is 10.5 Å². The number of carbonyl (C=O) groups is 2. The average molecular weight is 596 g/mol. The van der Waals surface area contributed by atoms with Crippen molar-refractivity contribution in [1.29, 1.82) is 0 Å². The first kappa shape index (κ1) is 30.8. The Morgan fingerprint density at radius 1 is 0.953 bits per heavy atom. The fourth-order valence-electron chi connectivity index (χ4n) is 5.22.